The van der Waals surface area contributed by atoms with Gasteiger partial charge in [-0.2, -0.15) is 0 Å². The number of benzene rings is 2. The molecule has 2 aromatic carbocycles. The van der Waals surface area contributed by atoms with Crippen LogP contribution in [-0.2, 0) is 15.6 Å². The number of unbranched alkanes of at least 4 members (excludes halogenated alkanes) is 5. The van der Waals surface area contributed by atoms with E-state index < -0.39 is 0 Å². The zero-order chi connectivity index (χ0) is 27.8. The molecule has 38 heavy (non-hydrogen) atoms. The van der Waals surface area contributed by atoms with Gasteiger partial charge in [-0.1, -0.05) is 129 Å². The lowest BCUT2D eigenvalue weighted by Crippen LogP contribution is -2.30. The molecule has 1 aliphatic rings. The van der Waals surface area contributed by atoms with Crippen LogP contribution >= 0.6 is 0 Å². The van der Waals surface area contributed by atoms with E-state index in [2.05, 4.69) is 108 Å². The summed E-state index contributed by atoms with van der Waals surface area (Å²) >= 11 is 0. The number of alkyl carbamates (subject to hydrolysis) is 1. The van der Waals surface area contributed by atoms with Crippen LogP contribution in [0.25, 0.3) is 0 Å². The fourth-order valence-corrected chi connectivity index (χ4v) is 5.40. The number of carbonyl (C=O) groups excluding carboxylic acids is 1. The summed E-state index contributed by atoms with van der Waals surface area (Å²) < 4.78 is 5.82. The van der Waals surface area contributed by atoms with Crippen LogP contribution in [0.2, 0.25) is 0 Å². The number of rotatable bonds is 11. The molecular formula is C34H52N2O2. The third-order valence-corrected chi connectivity index (χ3v) is 7.87. The van der Waals surface area contributed by atoms with E-state index in [0.29, 0.717) is 13.1 Å². The van der Waals surface area contributed by atoms with E-state index in [9.17, 15) is 4.79 Å². The Balaban J connectivity index is 1.66. The Morgan fingerprint density at radius 2 is 1.34 bits per heavy atom. The predicted octanol–water partition coefficient (Wildman–Crippen LogP) is 8.23. The van der Waals surface area contributed by atoms with Gasteiger partial charge in [0.2, 0.25) is 0 Å². The third-order valence-electron chi connectivity index (χ3n) is 7.87. The maximum Gasteiger partial charge on any atom is 0.407 e. The molecule has 0 unspecified atom stereocenters. The summed E-state index contributed by atoms with van der Waals surface area (Å²) in [5.74, 6) is 0.192. The van der Waals surface area contributed by atoms with Crippen LogP contribution in [0.4, 0.5) is 4.79 Å². The second kappa shape index (κ2) is 13.6. The largest absolute Gasteiger partial charge is 0.445 e. The van der Waals surface area contributed by atoms with Crippen molar-refractivity contribution in [3.05, 3.63) is 70.8 Å². The van der Waals surface area contributed by atoms with Crippen molar-refractivity contribution in [3.8, 4) is 0 Å². The van der Waals surface area contributed by atoms with Crippen molar-refractivity contribution < 1.29 is 9.53 Å². The molecule has 0 aliphatic carbocycles. The summed E-state index contributed by atoms with van der Waals surface area (Å²) in [5.41, 5.74) is 5.52. The van der Waals surface area contributed by atoms with Crippen LogP contribution in [-0.4, -0.2) is 31.3 Å². The first-order valence-corrected chi connectivity index (χ1v) is 14.9. The first-order chi connectivity index (χ1) is 18.0. The summed E-state index contributed by atoms with van der Waals surface area (Å²) in [6, 6.07) is 18.4. The molecule has 210 valence electrons. The van der Waals surface area contributed by atoms with E-state index in [0.717, 1.165) is 19.3 Å². The average Bonchev–Trinajstić information content (AvgIpc) is 3.31. The number of amides is 1. The van der Waals surface area contributed by atoms with Gasteiger partial charge in [0.1, 0.15) is 6.10 Å². The van der Waals surface area contributed by atoms with Gasteiger partial charge in [0.25, 0.3) is 0 Å². The highest BCUT2D eigenvalue weighted by Gasteiger charge is 2.34. The van der Waals surface area contributed by atoms with Crippen LogP contribution in [0.5, 0.6) is 0 Å². The van der Waals surface area contributed by atoms with E-state index in [1.807, 2.05) is 0 Å². The Bertz CT molecular complexity index is 926. The van der Waals surface area contributed by atoms with Crippen molar-refractivity contribution in [1.82, 2.24) is 10.6 Å². The summed E-state index contributed by atoms with van der Waals surface area (Å²) in [6.07, 6.45) is 7.67. The molecule has 4 heteroatoms. The van der Waals surface area contributed by atoms with Gasteiger partial charge >= 0.3 is 6.09 Å². The highest BCUT2D eigenvalue weighted by atomic mass is 16.6. The standard InChI is InChI=1S/C34H52N2O2/c1-8-9-10-11-12-13-22-35-32(37)38-29-23-30(36-24-29)31(25-14-18-27(19-15-25)33(2,3)4)26-16-20-28(21-17-26)34(5,6)7/h14-21,29-31,36H,8-13,22-24H2,1-7H3,(H,35,37)/t29-,30-/m1/s1. The minimum atomic E-state index is -0.286. The molecule has 1 amide bonds. The molecule has 2 N–H and O–H groups in total. The molecule has 4 nitrogen and oxygen atoms in total. The van der Waals surface area contributed by atoms with Crippen molar-refractivity contribution in [1.29, 1.82) is 0 Å². The number of ether oxygens (including phenoxy) is 1. The number of hydrogen-bond donors (Lipinski definition) is 2. The Kier molecular flexibility index (Phi) is 10.8. The van der Waals surface area contributed by atoms with Crippen LogP contribution in [0, 0.1) is 0 Å². The highest BCUT2D eigenvalue weighted by molar-refractivity contribution is 5.67. The van der Waals surface area contributed by atoms with Crippen molar-refractivity contribution >= 4 is 6.09 Å². The Labute approximate surface area is 232 Å². The summed E-state index contributed by atoms with van der Waals surface area (Å²) in [7, 11) is 0. The van der Waals surface area contributed by atoms with Crippen LogP contribution in [0.3, 0.4) is 0 Å². The summed E-state index contributed by atoms with van der Waals surface area (Å²) in [4.78, 5) is 12.5. The van der Waals surface area contributed by atoms with Crippen molar-refractivity contribution in [2.75, 3.05) is 13.1 Å². The van der Waals surface area contributed by atoms with Crippen molar-refractivity contribution in [2.45, 2.75) is 122 Å². The topological polar surface area (TPSA) is 50.4 Å². The fraction of sp³-hybridized carbons (Fsp3) is 0.618. The molecule has 2 aromatic rings. The SMILES string of the molecule is CCCCCCCCNC(=O)O[C@H]1CN[C@@H](C(c2ccc(C(C)(C)C)cc2)c2ccc(C(C)(C)C)cc2)C1. The van der Waals surface area contributed by atoms with Gasteiger partial charge in [0, 0.05) is 31.5 Å². The second-order valence-electron chi connectivity index (χ2n) is 13.2. The van der Waals surface area contributed by atoms with E-state index in [4.69, 9.17) is 4.74 Å². The molecule has 3 rings (SSSR count). The summed E-state index contributed by atoms with van der Waals surface area (Å²) in [5, 5.41) is 6.65. The monoisotopic (exact) mass is 520 g/mol. The zero-order valence-corrected chi connectivity index (χ0v) is 25.0. The predicted molar refractivity (Wildman–Crippen MR) is 160 cm³/mol. The van der Waals surface area contributed by atoms with E-state index in [-0.39, 0.29) is 35.0 Å². The van der Waals surface area contributed by atoms with Crippen LogP contribution in [0.15, 0.2) is 48.5 Å². The van der Waals surface area contributed by atoms with E-state index in [1.54, 1.807) is 0 Å². The smallest absolute Gasteiger partial charge is 0.407 e. The first-order valence-electron chi connectivity index (χ1n) is 14.9. The molecule has 1 aliphatic heterocycles. The molecule has 1 heterocycles. The van der Waals surface area contributed by atoms with Gasteiger partial charge < -0.3 is 15.4 Å². The molecule has 0 bridgehead atoms. The third kappa shape index (κ3) is 8.86. The molecule has 0 aromatic heterocycles. The Morgan fingerprint density at radius 1 is 0.842 bits per heavy atom. The molecular weight excluding hydrogens is 468 g/mol. The van der Waals surface area contributed by atoms with Gasteiger partial charge in [0.15, 0.2) is 0 Å². The molecule has 2 atom stereocenters. The second-order valence-corrected chi connectivity index (χ2v) is 13.2. The average molecular weight is 521 g/mol. The van der Waals surface area contributed by atoms with Crippen LogP contribution < -0.4 is 10.6 Å². The van der Waals surface area contributed by atoms with Gasteiger partial charge in [-0.15, -0.1) is 0 Å². The van der Waals surface area contributed by atoms with Gasteiger partial charge in [0.05, 0.1) is 0 Å². The molecule has 0 spiro atoms. The maximum atomic E-state index is 12.5. The number of carbonyl (C=O) groups is 1. The maximum absolute atomic E-state index is 12.5. The normalized spacial score (nSPS) is 18.1. The van der Waals surface area contributed by atoms with Gasteiger partial charge in [-0.05, 0) is 39.5 Å². The Morgan fingerprint density at radius 3 is 1.84 bits per heavy atom. The molecule has 1 fully saturated rings. The van der Waals surface area contributed by atoms with Gasteiger partial charge in [-0.3, -0.25) is 0 Å². The van der Waals surface area contributed by atoms with Crippen molar-refractivity contribution in [3.63, 3.8) is 0 Å². The highest BCUT2D eigenvalue weighted by Crippen LogP contribution is 2.35. The summed E-state index contributed by atoms with van der Waals surface area (Å²) in [6.45, 7) is 17.1. The van der Waals surface area contributed by atoms with E-state index >= 15 is 0 Å². The van der Waals surface area contributed by atoms with Crippen LogP contribution in [0.1, 0.15) is 122 Å². The number of nitrogens with one attached hydrogen (secondary N) is 2. The fourth-order valence-electron chi connectivity index (χ4n) is 5.40. The minimum absolute atomic E-state index is 0.116. The molecule has 0 saturated carbocycles. The first kappa shape index (κ1) is 30.2. The van der Waals surface area contributed by atoms with Gasteiger partial charge in [-0.25, -0.2) is 4.79 Å². The minimum Gasteiger partial charge on any atom is -0.445 e. The Hall–Kier alpha value is -2.33. The van der Waals surface area contributed by atoms with Crippen molar-refractivity contribution in [2.24, 2.45) is 0 Å². The number of hydrogen-bond acceptors (Lipinski definition) is 3. The lowest BCUT2D eigenvalue weighted by atomic mass is 9.80. The molecule has 0 radical (unpaired) electrons. The quantitative estimate of drug-likeness (QED) is 0.293. The zero-order valence-electron chi connectivity index (χ0n) is 25.0. The molecule has 1 saturated heterocycles. The lowest BCUT2D eigenvalue weighted by Gasteiger charge is -2.27. The lowest BCUT2D eigenvalue weighted by molar-refractivity contribution is 0.106. The van der Waals surface area contributed by atoms with E-state index in [1.165, 1.54) is 47.9 Å².